The summed E-state index contributed by atoms with van der Waals surface area (Å²) in [6.07, 6.45) is 6.12. The van der Waals surface area contributed by atoms with E-state index in [-0.39, 0.29) is 24.2 Å². The van der Waals surface area contributed by atoms with Crippen LogP contribution in [-0.4, -0.2) is 22.3 Å². The first-order valence-electron chi connectivity index (χ1n) is 11.5. The van der Waals surface area contributed by atoms with E-state index in [0.29, 0.717) is 23.4 Å². The highest BCUT2D eigenvalue weighted by atomic mass is 19.1. The summed E-state index contributed by atoms with van der Waals surface area (Å²) in [5.41, 5.74) is 1.42. The third-order valence-corrected chi connectivity index (χ3v) is 7.05. The molecule has 1 atom stereocenters. The number of furan rings is 1. The van der Waals surface area contributed by atoms with Gasteiger partial charge in [-0.1, -0.05) is 49.6 Å². The van der Waals surface area contributed by atoms with Crippen molar-refractivity contribution in [2.24, 2.45) is 0 Å². The summed E-state index contributed by atoms with van der Waals surface area (Å²) in [7, 11) is 0. The van der Waals surface area contributed by atoms with Crippen LogP contribution in [0.15, 0.2) is 71.3 Å². The maximum atomic E-state index is 13.8. The molecule has 0 radical (unpaired) electrons. The van der Waals surface area contributed by atoms with Crippen molar-refractivity contribution in [1.82, 2.24) is 10.2 Å². The van der Waals surface area contributed by atoms with Crippen molar-refractivity contribution in [3.05, 3.63) is 95.2 Å². The van der Waals surface area contributed by atoms with E-state index < -0.39 is 11.5 Å². The molecular formula is C27H27FN2O3. The zero-order valence-corrected chi connectivity index (χ0v) is 18.4. The number of benzene rings is 2. The molecule has 5 nitrogen and oxygen atoms in total. The van der Waals surface area contributed by atoms with Crippen molar-refractivity contribution < 1.29 is 18.4 Å². The molecule has 0 unspecified atom stereocenters. The van der Waals surface area contributed by atoms with Crippen molar-refractivity contribution in [1.29, 1.82) is 0 Å². The van der Waals surface area contributed by atoms with E-state index in [2.05, 4.69) is 5.32 Å². The molecule has 3 aromatic rings. The topological polar surface area (TPSA) is 62.6 Å². The maximum Gasteiger partial charge on any atom is 0.255 e. The second kappa shape index (κ2) is 8.85. The Kier molecular flexibility index (Phi) is 5.75. The van der Waals surface area contributed by atoms with Gasteiger partial charge in [0, 0.05) is 12.1 Å². The van der Waals surface area contributed by atoms with Crippen molar-refractivity contribution >= 4 is 11.8 Å². The number of hydrogen-bond donors (Lipinski definition) is 1. The number of halogens is 1. The molecule has 2 amide bonds. The molecule has 1 aliphatic heterocycles. The third-order valence-electron chi connectivity index (χ3n) is 7.05. The lowest BCUT2D eigenvalue weighted by Crippen LogP contribution is -2.62. The Labute approximate surface area is 192 Å². The molecule has 1 spiro atoms. The molecule has 1 saturated carbocycles. The van der Waals surface area contributed by atoms with Crippen LogP contribution < -0.4 is 5.32 Å². The van der Waals surface area contributed by atoms with Crippen LogP contribution in [0.1, 0.15) is 65.3 Å². The summed E-state index contributed by atoms with van der Waals surface area (Å²) < 4.78 is 19.2. The predicted molar refractivity (Wildman–Crippen MR) is 122 cm³/mol. The van der Waals surface area contributed by atoms with Gasteiger partial charge in [0.05, 0.1) is 24.3 Å². The van der Waals surface area contributed by atoms with E-state index in [0.717, 1.165) is 37.7 Å². The second-order valence-corrected chi connectivity index (χ2v) is 9.00. The smallest absolute Gasteiger partial charge is 0.255 e. The minimum atomic E-state index is -0.623. The highest BCUT2D eigenvalue weighted by molar-refractivity contribution is 6.02. The number of rotatable bonds is 5. The highest BCUT2D eigenvalue weighted by Crippen LogP contribution is 2.49. The van der Waals surface area contributed by atoms with E-state index in [4.69, 9.17) is 4.42 Å². The van der Waals surface area contributed by atoms with Gasteiger partial charge in [-0.2, -0.15) is 0 Å². The van der Waals surface area contributed by atoms with Gasteiger partial charge in [0.2, 0.25) is 5.91 Å². The van der Waals surface area contributed by atoms with Crippen molar-refractivity contribution in [2.45, 2.75) is 56.7 Å². The molecular weight excluding hydrogens is 419 g/mol. The number of hydrogen-bond acceptors (Lipinski definition) is 3. The zero-order chi connectivity index (χ0) is 22.8. The van der Waals surface area contributed by atoms with Crippen LogP contribution in [0, 0.1) is 5.82 Å². The van der Waals surface area contributed by atoms with Crippen LogP contribution in [0.3, 0.4) is 0 Å². The number of carbonyl (C=O) groups excluding carboxylic acids is 2. The van der Waals surface area contributed by atoms with Gasteiger partial charge in [-0.25, -0.2) is 4.39 Å². The molecule has 170 valence electrons. The molecule has 0 bridgehead atoms. The molecule has 33 heavy (non-hydrogen) atoms. The number of carbonyl (C=O) groups is 2. The number of nitrogens with one attached hydrogen (secondary N) is 1. The van der Waals surface area contributed by atoms with E-state index >= 15 is 0 Å². The standard InChI is InChI=1S/C27H27FN2O3/c28-20-9-6-8-19(16-20)17-29-25(31)24-22-11-2-3-12-23(22)26(32)30(18-21-10-7-15-33-21)27(24)13-4-1-5-14-27/h2-3,6-12,15-16,24H,1,4-5,13-14,17-18H2,(H,29,31)/t24-/m1/s1. The molecule has 0 saturated heterocycles. The Hall–Kier alpha value is -3.41. The first-order valence-corrected chi connectivity index (χ1v) is 11.5. The summed E-state index contributed by atoms with van der Waals surface area (Å²) >= 11 is 0. The molecule has 1 aliphatic carbocycles. The summed E-state index contributed by atoms with van der Waals surface area (Å²) in [4.78, 5) is 29.4. The Balaban J connectivity index is 1.54. The highest BCUT2D eigenvalue weighted by Gasteiger charge is 2.54. The van der Waals surface area contributed by atoms with E-state index in [9.17, 15) is 14.0 Å². The number of fused-ring (bicyclic) bond motifs is 1. The molecule has 2 aromatic carbocycles. The fourth-order valence-electron chi connectivity index (χ4n) is 5.57. The minimum Gasteiger partial charge on any atom is -0.467 e. The first kappa shape index (κ1) is 21.4. The Morgan fingerprint density at radius 2 is 1.88 bits per heavy atom. The molecule has 1 aromatic heterocycles. The van der Waals surface area contributed by atoms with Crippen molar-refractivity contribution in [3.63, 3.8) is 0 Å². The van der Waals surface area contributed by atoms with Gasteiger partial charge in [0.15, 0.2) is 0 Å². The van der Waals surface area contributed by atoms with Crippen molar-refractivity contribution in [2.75, 3.05) is 0 Å². The summed E-state index contributed by atoms with van der Waals surface area (Å²) in [6, 6.07) is 17.4. The van der Waals surface area contributed by atoms with Crippen LogP contribution in [0.25, 0.3) is 0 Å². The average Bonchev–Trinajstić information content (AvgIpc) is 3.35. The largest absolute Gasteiger partial charge is 0.467 e. The number of nitrogens with zero attached hydrogens (tertiary/aromatic N) is 1. The van der Waals surface area contributed by atoms with Crippen LogP contribution >= 0.6 is 0 Å². The third kappa shape index (κ3) is 3.94. The van der Waals surface area contributed by atoms with Gasteiger partial charge in [0.25, 0.3) is 5.91 Å². The molecule has 1 N–H and O–H groups in total. The van der Waals surface area contributed by atoms with Crippen LogP contribution in [-0.2, 0) is 17.9 Å². The summed E-state index contributed by atoms with van der Waals surface area (Å²) in [5.74, 6) is -0.325. The normalized spacial score (nSPS) is 19.4. The summed E-state index contributed by atoms with van der Waals surface area (Å²) in [5, 5.41) is 3.04. The Morgan fingerprint density at radius 3 is 2.64 bits per heavy atom. The lowest BCUT2D eigenvalue weighted by atomic mass is 9.65. The maximum absolute atomic E-state index is 13.8. The SMILES string of the molecule is O=C(NCc1cccc(F)c1)[C@H]1c2ccccc2C(=O)N(Cc2ccco2)C12CCCCC2. The average molecular weight is 447 g/mol. The lowest BCUT2D eigenvalue weighted by Gasteiger charge is -2.53. The van der Waals surface area contributed by atoms with Gasteiger partial charge < -0.3 is 14.6 Å². The van der Waals surface area contributed by atoms with E-state index in [1.54, 1.807) is 24.5 Å². The van der Waals surface area contributed by atoms with Gasteiger partial charge in [-0.15, -0.1) is 0 Å². The fraction of sp³-hybridized carbons (Fsp3) is 0.333. The Morgan fingerprint density at radius 1 is 1.06 bits per heavy atom. The van der Waals surface area contributed by atoms with Crippen LogP contribution in [0.4, 0.5) is 4.39 Å². The quantitative estimate of drug-likeness (QED) is 0.588. The van der Waals surface area contributed by atoms with Gasteiger partial charge in [-0.05, 0) is 54.3 Å². The van der Waals surface area contributed by atoms with E-state index in [1.807, 2.05) is 35.2 Å². The van der Waals surface area contributed by atoms with Gasteiger partial charge in [-0.3, -0.25) is 9.59 Å². The monoisotopic (exact) mass is 446 g/mol. The zero-order valence-electron chi connectivity index (χ0n) is 18.4. The number of amides is 2. The van der Waals surface area contributed by atoms with Crippen LogP contribution in [0.2, 0.25) is 0 Å². The van der Waals surface area contributed by atoms with Crippen LogP contribution in [0.5, 0.6) is 0 Å². The Bertz CT molecular complexity index is 1150. The molecule has 5 rings (SSSR count). The van der Waals surface area contributed by atoms with Gasteiger partial charge in [0.1, 0.15) is 11.6 Å². The molecule has 2 aliphatic rings. The molecule has 1 fully saturated rings. The van der Waals surface area contributed by atoms with Crippen molar-refractivity contribution in [3.8, 4) is 0 Å². The molecule has 2 heterocycles. The van der Waals surface area contributed by atoms with Gasteiger partial charge >= 0.3 is 0 Å². The lowest BCUT2D eigenvalue weighted by molar-refractivity contribution is -0.127. The first-order chi connectivity index (χ1) is 16.1. The second-order valence-electron chi connectivity index (χ2n) is 9.00. The van der Waals surface area contributed by atoms with E-state index in [1.165, 1.54) is 12.1 Å². The molecule has 6 heteroatoms. The fourth-order valence-corrected chi connectivity index (χ4v) is 5.57. The predicted octanol–water partition coefficient (Wildman–Crippen LogP) is 5.18. The summed E-state index contributed by atoms with van der Waals surface area (Å²) in [6.45, 7) is 0.561. The minimum absolute atomic E-state index is 0.0573.